The van der Waals surface area contributed by atoms with Crippen LogP contribution in [-0.4, -0.2) is 50.8 Å². The molecule has 0 aliphatic carbocycles. The van der Waals surface area contributed by atoms with Gasteiger partial charge in [-0.15, -0.1) is 0 Å². The molecule has 0 aromatic heterocycles. The van der Waals surface area contributed by atoms with E-state index < -0.39 is 0 Å². The molecule has 2 rings (SSSR count). The van der Waals surface area contributed by atoms with Crippen molar-refractivity contribution in [1.82, 2.24) is 5.32 Å². The molecular formula is C17H25N2O4+. The predicted molar refractivity (Wildman–Crippen MR) is 85.2 cm³/mol. The summed E-state index contributed by atoms with van der Waals surface area (Å²) in [5.41, 5.74) is 1.45. The minimum atomic E-state index is -0.361. The maximum Gasteiger partial charge on any atom is 0.337 e. The lowest BCUT2D eigenvalue weighted by molar-refractivity contribution is -0.907. The molecular weight excluding hydrogens is 296 g/mol. The fourth-order valence-electron chi connectivity index (χ4n) is 2.90. The van der Waals surface area contributed by atoms with Gasteiger partial charge in [-0.05, 0) is 31.5 Å². The normalized spacial score (nSPS) is 24.0. The van der Waals surface area contributed by atoms with Crippen LogP contribution in [0.3, 0.4) is 0 Å². The third kappa shape index (κ3) is 5.33. The summed E-state index contributed by atoms with van der Waals surface area (Å²) in [6.07, 6.45) is 0.375. The van der Waals surface area contributed by atoms with Crippen molar-refractivity contribution < 1.29 is 24.0 Å². The molecule has 1 fully saturated rings. The van der Waals surface area contributed by atoms with Crippen molar-refractivity contribution in [3.8, 4) is 0 Å². The first-order chi connectivity index (χ1) is 11.0. The highest BCUT2D eigenvalue weighted by atomic mass is 16.5. The second kappa shape index (κ2) is 8.08. The summed E-state index contributed by atoms with van der Waals surface area (Å²) in [6.45, 7) is 6.69. The van der Waals surface area contributed by atoms with Gasteiger partial charge in [0.15, 0.2) is 6.54 Å². The van der Waals surface area contributed by atoms with Crippen molar-refractivity contribution in [1.29, 1.82) is 0 Å². The number of carbonyl (C=O) groups is 2. The molecule has 0 saturated carbocycles. The summed E-state index contributed by atoms with van der Waals surface area (Å²) in [7, 11) is 1.35. The van der Waals surface area contributed by atoms with Gasteiger partial charge in [-0.25, -0.2) is 4.79 Å². The first kappa shape index (κ1) is 17.4. The van der Waals surface area contributed by atoms with Crippen LogP contribution < -0.4 is 10.2 Å². The van der Waals surface area contributed by atoms with Gasteiger partial charge in [0.25, 0.3) is 5.91 Å². The summed E-state index contributed by atoms with van der Waals surface area (Å²) in [4.78, 5) is 24.7. The number of carbonyl (C=O) groups excluding carboxylic acids is 2. The van der Waals surface area contributed by atoms with Crippen LogP contribution in [0.25, 0.3) is 0 Å². The molecule has 23 heavy (non-hydrogen) atoms. The molecule has 0 bridgehead atoms. The van der Waals surface area contributed by atoms with Crippen LogP contribution in [0.15, 0.2) is 24.3 Å². The van der Waals surface area contributed by atoms with Crippen molar-refractivity contribution in [2.24, 2.45) is 0 Å². The molecule has 0 spiro atoms. The largest absolute Gasteiger partial charge is 0.465 e. The van der Waals surface area contributed by atoms with E-state index in [9.17, 15) is 9.59 Å². The number of amides is 1. The van der Waals surface area contributed by atoms with Crippen molar-refractivity contribution in [2.75, 3.05) is 26.7 Å². The average Bonchev–Trinajstić information content (AvgIpc) is 2.51. The van der Waals surface area contributed by atoms with Gasteiger partial charge in [0.2, 0.25) is 0 Å². The maximum absolute atomic E-state index is 12.1. The number of nitrogens with one attached hydrogen (secondary N) is 2. The lowest BCUT2D eigenvalue weighted by atomic mass is 10.1. The number of ether oxygens (including phenoxy) is 2. The lowest BCUT2D eigenvalue weighted by Gasteiger charge is -2.31. The molecule has 1 aromatic carbocycles. The number of quaternary nitrogens is 1. The van der Waals surface area contributed by atoms with Crippen LogP contribution in [0.2, 0.25) is 0 Å². The van der Waals surface area contributed by atoms with Crippen LogP contribution >= 0.6 is 0 Å². The Morgan fingerprint density at radius 2 is 1.83 bits per heavy atom. The number of hydrogen-bond donors (Lipinski definition) is 2. The Hall–Kier alpha value is -1.92. The third-order valence-corrected chi connectivity index (χ3v) is 3.89. The van der Waals surface area contributed by atoms with Gasteiger partial charge in [-0.1, -0.05) is 12.1 Å². The molecule has 2 N–H and O–H groups in total. The maximum atomic E-state index is 12.1. The first-order valence-electron chi connectivity index (χ1n) is 7.91. The minimum Gasteiger partial charge on any atom is -0.465 e. The van der Waals surface area contributed by atoms with Crippen molar-refractivity contribution in [3.63, 3.8) is 0 Å². The van der Waals surface area contributed by atoms with Crippen LogP contribution in [-0.2, 0) is 20.8 Å². The van der Waals surface area contributed by atoms with Crippen LogP contribution in [0.4, 0.5) is 0 Å². The Balaban J connectivity index is 1.79. The summed E-state index contributed by atoms with van der Waals surface area (Å²) in [6, 6.07) is 7.03. The first-order valence-corrected chi connectivity index (χ1v) is 7.91. The van der Waals surface area contributed by atoms with E-state index in [0.29, 0.717) is 18.7 Å². The molecule has 0 radical (unpaired) electrons. The Bertz CT molecular complexity index is 534. The van der Waals surface area contributed by atoms with Crippen LogP contribution in [0, 0.1) is 0 Å². The Labute approximate surface area is 136 Å². The topological polar surface area (TPSA) is 69.1 Å². The van der Waals surface area contributed by atoms with E-state index in [4.69, 9.17) is 4.74 Å². The molecule has 1 heterocycles. The summed E-state index contributed by atoms with van der Waals surface area (Å²) in [5.74, 6) is -0.335. The zero-order valence-corrected chi connectivity index (χ0v) is 13.9. The van der Waals surface area contributed by atoms with E-state index >= 15 is 0 Å². The number of rotatable bonds is 5. The third-order valence-electron chi connectivity index (χ3n) is 3.89. The van der Waals surface area contributed by atoms with Gasteiger partial charge in [0, 0.05) is 6.54 Å². The van der Waals surface area contributed by atoms with Crippen molar-refractivity contribution in [2.45, 2.75) is 32.6 Å². The van der Waals surface area contributed by atoms with E-state index in [0.717, 1.165) is 18.7 Å². The molecule has 6 heteroatoms. The molecule has 6 nitrogen and oxygen atoms in total. The molecule has 3 atom stereocenters. The van der Waals surface area contributed by atoms with Crippen molar-refractivity contribution >= 4 is 11.9 Å². The monoisotopic (exact) mass is 321 g/mol. The molecule has 1 unspecified atom stereocenters. The second-order valence-corrected chi connectivity index (χ2v) is 6.06. The van der Waals surface area contributed by atoms with Crippen LogP contribution in [0.1, 0.15) is 29.8 Å². The summed E-state index contributed by atoms with van der Waals surface area (Å²) < 4.78 is 10.3. The SMILES string of the molecule is COC(=O)c1ccc(CNC(=O)C[NH+]2C[C@@H](C)O[C@@H](C)C2)cc1. The number of esters is 1. The highest BCUT2D eigenvalue weighted by Gasteiger charge is 2.26. The van der Waals surface area contributed by atoms with Gasteiger partial charge in [-0.2, -0.15) is 0 Å². The molecule has 1 saturated heterocycles. The summed E-state index contributed by atoms with van der Waals surface area (Å²) >= 11 is 0. The van der Waals surface area contributed by atoms with Gasteiger partial charge >= 0.3 is 5.97 Å². The standard InChI is InChI=1S/C17H24N2O4/c1-12-9-19(10-13(2)23-12)11-16(20)18-8-14-4-6-15(7-5-14)17(21)22-3/h4-7,12-13H,8-11H2,1-3H3,(H,18,20)/p+1/t12-,13+. The van der Waals surface area contributed by atoms with E-state index in [2.05, 4.69) is 10.1 Å². The minimum absolute atomic E-state index is 0.0262. The zero-order valence-electron chi connectivity index (χ0n) is 13.9. The highest BCUT2D eigenvalue weighted by Crippen LogP contribution is 2.05. The van der Waals surface area contributed by atoms with E-state index in [1.54, 1.807) is 12.1 Å². The molecule has 126 valence electrons. The molecule has 1 amide bonds. The van der Waals surface area contributed by atoms with E-state index in [-0.39, 0.29) is 24.1 Å². The predicted octanol–water partition coefficient (Wildman–Crippen LogP) is -0.218. The van der Waals surface area contributed by atoms with Gasteiger partial charge in [-0.3, -0.25) is 4.79 Å². The Morgan fingerprint density at radius 3 is 2.39 bits per heavy atom. The van der Waals surface area contributed by atoms with Crippen molar-refractivity contribution in [3.05, 3.63) is 35.4 Å². The number of methoxy groups -OCH3 is 1. The fourth-order valence-corrected chi connectivity index (χ4v) is 2.90. The zero-order chi connectivity index (χ0) is 16.8. The van der Waals surface area contributed by atoms with Gasteiger partial charge < -0.3 is 19.7 Å². The van der Waals surface area contributed by atoms with E-state index in [1.807, 2.05) is 26.0 Å². The lowest BCUT2D eigenvalue weighted by Crippen LogP contribution is -3.16. The Morgan fingerprint density at radius 1 is 1.22 bits per heavy atom. The quantitative estimate of drug-likeness (QED) is 0.736. The summed E-state index contributed by atoms with van der Waals surface area (Å²) in [5, 5.41) is 2.92. The van der Waals surface area contributed by atoms with Crippen LogP contribution in [0.5, 0.6) is 0 Å². The smallest absolute Gasteiger partial charge is 0.337 e. The average molecular weight is 321 g/mol. The number of morpholine rings is 1. The number of benzene rings is 1. The Kier molecular flexibility index (Phi) is 6.12. The fraction of sp³-hybridized carbons (Fsp3) is 0.529. The highest BCUT2D eigenvalue weighted by molar-refractivity contribution is 5.89. The molecule has 1 aliphatic rings. The molecule has 1 aromatic rings. The van der Waals surface area contributed by atoms with Gasteiger partial charge in [0.05, 0.1) is 12.7 Å². The molecule has 1 aliphatic heterocycles. The van der Waals surface area contributed by atoms with E-state index in [1.165, 1.54) is 12.0 Å². The second-order valence-electron chi connectivity index (χ2n) is 6.06. The van der Waals surface area contributed by atoms with Gasteiger partial charge in [0.1, 0.15) is 25.3 Å². The number of hydrogen-bond acceptors (Lipinski definition) is 4.